The molecule has 0 aliphatic carbocycles. The number of para-hydroxylation sites is 2. The minimum absolute atomic E-state index is 0.496. The number of fused-ring (bicyclic) bond motifs is 1. The van der Waals surface area contributed by atoms with Crippen molar-refractivity contribution >= 4 is 0 Å². The van der Waals surface area contributed by atoms with Gasteiger partial charge in [-0.3, -0.25) is 9.98 Å². The third-order valence-electron chi connectivity index (χ3n) is 1.60. The average Bonchev–Trinajstić information content (AvgIpc) is 2.21. The van der Waals surface area contributed by atoms with Crippen LogP contribution in [0.25, 0.3) is 0 Å². The molecule has 2 nitrogen and oxygen atoms in total. The lowest BCUT2D eigenvalue weighted by Crippen LogP contribution is -2.19. The van der Waals surface area contributed by atoms with Gasteiger partial charge in [0.2, 0.25) is 0 Å². The van der Waals surface area contributed by atoms with Gasteiger partial charge in [0.15, 0.2) is 0 Å². The Morgan fingerprint density at radius 2 is 1.64 bits per heavy atom. The molecule has 0 aromatic heterocycles. The van der Waals surface area contributed by atoms with E-state index in [9.17, 15) is 0 Å². The van der Waals surface area contributed by atoms with Gasteiger partial charge in [-0.1, -0.05) is 12.1 Å². The summed E-state index contributed by atoms with van der Waals surface area (Å²) < 4.78 is 0. The van der Waals surface area contributed by atoms with Crippen LogP contribution in [0.4, 0.5) is 0 Å². The highest BCUT2D eigenvalue weighted by Crippen LogP contribution is 2.08. The van der Waals surface area contributed by atoms with Crippen molar-refractivity contribution in [2.45, 2.75) is 12.6 Å². The van der Waals surface area contributed by atoms with Crippen molar-refractivity contribution in [2.75, 3.05) is 0 Å². The second kappa shape index (κ2) is 1.91. The van der Waals surface area contributed by atoms with Crippen LogP contribution in [0, 0.1) is 6.92 Å². The first-order chi connectivity index (χ1) is 5.17. The van der Waals surface area contributed by atoms with Gasteiger partial charge >= 0.3 is 0 Å². The van der Waals surface area contributed by atoms with E-state index in [0.29, 0.717) is 0 Å². The monoisotopic (exact) mass is 145 g/mol. The van der Waals surface area contributed by atoms with Crippen LogP contribution in [0.5, 0.6) is 0 Å². The van der Waals surface area contributed by atoms with Crippen molar-refractivity contribution in [3.05, 3.63) is 41.9 Å². The molecule has 0 amide bonds. The fourth-order valence-corrected chi connectivity index (χ4v) is 1.20. The van der Waals surface area contributed by atoms with Crippen molar-refractivity contribution in [1.82, 2.24) is 0 Å². The van der Waals surface area contributed by atoms with Gasteiger partial charge in [-0.2, -0.15) is 0 Å². The molecule has 0 saturated carbocycles. The Kier molecular flexibility index (Phi) is 1.13. The highest BCUT2D eigenvalue weighted by molar-refractivity contribution is 5.07. The first kappa shape index (κ1) is 6.53. The molecule has 2 rings (SSSR count). The van der Waals surface area contributed by atoms with Gasteiger partial charge in [0, 0.05) is 0 Å². The molecule has 55 valence electrons. The SMILES string of the molecule is [CH2]C1(C)N=c2ccccc2=N1. The van der Waals surface area contributed by atoms with Crippen LogP contribution in [-0.4, -0.2) is 5.66 Å². The molecule has 1 heterocycles. The minimum atomic E-state index is -0.496. The van der Waals surface area contributed by atoms with Crippen LogP contribution in [0.15, 0.2) is 34.3 Å². The molecule has 0 fully saturated rings. The standard InChI is InChI=1S/C9H9N2/c1-9(2)10-7-5-3-4-6-8(7)11-9/h3-6H,1H2,2H3. The summed E-state index contributed by atoms with van der Waals surface area (Å²) in [6, 6.07) is 7.82. The first-order valence-corrected chi connectivity index (χ1v) is 3.58. The summed E-state index contributed by atoms with van der Waals surface area (Å²) >= 11 is 0. The summed E-state index contributed by atoms with van der Waals surface area (Å²) in [5.41, 5.74) is -0.496. The molecular formula is C9H9N2. The molecule has 0 atom stereocenters. The Morgan fingerprint density at radius 3 is 2.09 bits per heavy atom. The number of rotatable bonds is 0. The van der Waals surface area contributed by atoms with Crippen LogP contribution in [0.2, 0.25) is 0 Å². The zero-order chi connectivity index (χ0) is 7.90. The quantitative estimate of drug-likeness (QED) is 0.507. The maximum atomic E-state index is 4.31. The van der Waals surface area contributed by atoms with Gasteiger partial charge in [-0.25, -0.2) is 0 Å². The third kappa shape index (κ3) is 1.04. The van der Waals surface area contributed by atoms with E-state index in [0.717, 1.165) is 10.7 Å². The van der Waals surface area contributed by atoms with E-state index >= 15 is 0 Å². The van der Waals surface area contributed by atoms with Crippen LogP contribution < -0.4 is 10.7 Å². The molecule has 1 aromatic rings. The number of nitrogens with zero attached hydrogens (tertiary/aromatic N) is 2. The van der Waals surface area contributed by atoms with E-state index in [4.69, 9.17) is 0 Å². The van der Waals surface area contributed by atoms with E-state index < -0.39 is 5.66 Å². The highest BCUT2D eigenvalue weighted by atomic mass is 15.1. The van der Waals surface area contributed by atoms with Gasteiger partial charge in [0.25, 0.3) is 0 Å². The Bertz CT molecular complexity index is 353. The van der Waals surface area contributed by atoms with E-state index in [2.05, 4.69) is 16.9 Å². The second-order valence-corrected chi connectivity index (χ2v) is 2.93. The lowest BCUT2D eigenvalue weighted by atomic mass is 10.3. The average molecular weight is 145 g/mol. The van der Waals surface area contributed by atoms with Crippen LogP contribution in [-0.2, 0) is 0 Å². The summed E-state index contributed by atoms with van der Waals surface area (Å²) in [7, 11) is 0. The topological polar surface area (TPSA) is 24.7 Å². The molecule has 1 aliphatic rings. The Hall–Kier alpha value is -1.18. The van der Waals surface area contributed by atoms with Gasteiger partial charge < -0.3 is 0 Å². The van der Waals surface area contributed by atoms with Gasteiger partial charge in [0.1, 0.15) is 5.66 Å². The fraction of sp³-hybridized carbons (Fsp3) is 0.222. The number of benzene rings is 1. The van der Waals surface area contributed by atoms with Crippen molar-refractivity contribution in [1.29, 1.82) is 0 Å². The van der Waals surface area contributed by atoms with E-state index in [1.165, 1.54) is 0 Å². The van der Waals surface area contributed by atoms with Crippen molar-refractivity contribution in [3.8, 4) is 0 Å². The van der Waals surface area contributed by atoms with Gasteiger partial charge in [0.05, 0.1) is 10.7 Å². The first-order valence-electron chi connectivity index (χ1n) is 3.58. The van der Waals surface area contributed by atoms with E-state index in [-0.39, 0.29) is 0 Å². The summed E-state index contributed by atoms with van der Waals surface area (Å²) in [4.78, 5) is 8.61. The van der Waals surface area contributed by atoms with Crippen LogP contribution in [0.3, 0.4) is 0 Å². The zero-order valence-corrected chi connectivity index (χ0v) is 6.41. The number of hydrogen-bond acceptors (Lipinski definition) is 2. The fourth-order valence-electron chi connectivity index (χ4n) is 1.20. The maximum absolute atomic E-state index is 4.31. The third-order valence-corrected chi connectivity index (χ3v) is 1.60. The Labute approximate surface area is 65.3 Å². The zero-order valence-electron chi connectivity index (χ0n) is 6.41. The molecule has 1 aliphatic heterocycles. The molecule has 0 spiro atoms. The molecule has 1 aromatic carbocycles. The van der Waals surface area contributed by atoms with Crippen LogP contribution >= 0.6 is 0 Å². The predicted octanol–water partition coefficient (Wildman–Crippen LogP) is 0.490. The van der Waals surface area contributed by atoms with Crippen molar-refractivity contribution in [2.24, 2.45) is 9.98 Å². The molecule has 11 heavy (non-hydrogen) atoms. The predicted molar refractivity (Wildman–Crippen MR) is 42.5 cm³/mol. The summed E-state index contributed by atoms with van der Waals surface area (Å²) in [5.74, 6) is 0. The van der Waals surface area contributed by atoms with E-state index in [1.807, 2.05) is 31.2 Å². The van der Waals surface area contributed by atoms with Crippen molar-refractivity contribution in [3.63, 3.8) is 0 Å². The molecule has 0 N–H and O–H groups in total. The molecule has 0 unspecified atom stereocenters. The number of hydrogen-bond donors (Lipinski definition) is 0. The smallest absolute Gasteiger partial charge is 0.149 e. The normalized spacial score (nSPS) is 18.4. The highest BCUT2D eigenvalue weighted by Gasteiger charge is 2.16. The molecular weight excluding hydrogens is 136 g/mol. The minimum Gasteiger partial charge on any atom is -0.254 e. The van der Waals surface area contributed by atoms with Crippen LogP contribution in [0.1, 0.15) is 6.92 Å². The lowest BCUT2D eigenvalue weighted by molar-refractivity contribution is 0.614. The maximum Gasteiger partial charge on any atom is 0.149 e. The Balaban J connectivity index is 2.81. The lowest BCUT2D eigenvalue weighted by Gasteiger charge is -2.06. The summed E-state index contributed by atoms with van der Waals surface area (Å²) in [6.07, 6.45) is 0. The molecule has 0 saturated heterocycles. The Morgan fingerprint density at radius 1 is 1.18 bits per heavy atom. The summed E-state index contributed by atoms with van der Waals surface area (Å²) in [5, 5.41) is 1.90. The molecule has 0 bridgehead atoms. The largest absolute Gasteiger partial charge is 0.254 e. The summed E-state index contributed by atoms with van der Waals surface area (Å²) in [6.45, 7) is 5.75. The van der Waals surface area contributed by atoms with Crippen molar-refractivity contribution < 1.29 is 0 Å². The molecule has 1 radical (unpaired) electrons. The van der Waals surface area contributed by atoms with Gasteiger partial charge in [-0.05, 0) is 26.0 Å². The van der Waals surface area contributed by atoms with Gasteiger partial charge in [-0.15, -0.1) is 0 Å². The molecule has 2 heteroatoms. The second-order valence-electron chi connectivity index (χ2n) is 2.93. The van der Waals surface area contributed by atoms with E-state index in [1.54, 1.807) is 0 Å².